The van der Waals surface area contributed by atoms with Gasteiger partial charge in [0.15, 0.2) is 0 Å². The summed E-state index contributed by atoms with van der Waals surface area (Å²) in [6.07, 6.45) is 31.0. The minimum absolute atomic E-state index is 0. The van der Waals surface area contributed by atoms with Crippen molar-refractivity contribution in [1.29, 1.82) is 0 Å². The van der Waals surface area contributed by atoms with E-state index < -0.39 is 0 Å². The van der Waals surface area contributed by atoms with Crippen LogP contribution >= 0.6 is 24.8 Å². The van der Waals surface area contributed by atoms with E-state index in [-0.39, 0.29) is 51.0 Å². The van der Waals surface area contributed by atoms with Gasteiger partial charge < -0.3 is 0 Å². The van der Waals surface area contributed by atoms with E-state index in [4.69, 9.17) is 0 Å². The Morgan fingerprint density at radius 2 is 1.08 bits per heavy atom. The summed E-state index contributed by atoms with van der Waals surface area (Å²) in [6.45, 7) is 4.50. The number of unbranched alkanes of at least 4 members (excludes halogenated alkanes) is 6. The average Bonchev–Trinajstić information content (AvgIpc) is 3.22. The van der Waals surface area contributed by atoms with Crippen molar-refractivity contribution in [2.45, 2.75) is 90.9 Å². The molecule has 3 heteroatoms. The normalized spacial score (nSPS) is 13.7. The summed E-state index contributed by atoms with van der Waals surface area (Å²) < 4.78 is 0. The first-order chi connectivity index (χ1) is 10.9. The molecular formula is C22H36Cl2Zr. The van der Waals surface area contributed by atoms with Crippen molar-refractivity contribution in [3.63, 3.8) is 0 Å². The van der Waals surface area contributed by atoms with Crippen LogP contribution < -0.4 is 0 Å². The fourth-order valence-corrected chi connectivity index (χ4v) is 2.73. The van der Waals surface area contributed by atoms with Gasteiger partial charge in [-0.3, -0.25) is 12.2 Å². The molecule has 0 amide bonds. The standard InChI is InChI=1S/2C11H17.2ClH.Zr/c2*1-2-3-4-5-8-11-9-6-7-10-11;;;/h2*6,9H,2-5,7-8H2,1H3;2*1H;/q2*-1;;;+2. The molecule has 0 aromatic carbocycles. The second-order valence-electron chi connectivity index (χ2n) is 6.24. The van der Waals surface area contributed by atoms with Gasteiger partial charge in [0, 0.05) is 0 Å². The molecule has 0 aromatic rings. The smallest absolute Gasteiger partial charge is 0.269 e. The topological polar surface area (TPSA) is 0 Å². The van der Waals surface area contributed by atoms with Crippen LogP contribution in [0.25, 0.3) is 0 Å². The number of rotatable bonds is 10. The van der Waals surface area contributed by atoms with Crippen molar-refractivity contribution in [2.24, 2.45) is 0 Å². The van der Waals surface area contributed by atoms with Gasteiger partial charge in [-0.05, 0) is 0 Å². The summed E-state index contributed by atoms with van der Waals surface area (Å²) >= 11 is 0. The molecule has 2 aliphatic rings. The molecule has 25 heavy (non-hydrogen) atoms. The minimum Gasteiger partial charge on any atom is -0.269 e. The molecule has 2 aliphatic carbocycles. The maximum absolute atomic E-state index is 3.34. The first-order valence-electron chi connectivity index (χ1n) is 9.39. The molecule has 0 saturated heterocycles. The van der Waals surface area contributed by atoms with E-state index in [9.17, 15) is 0 Å². The van der Waals surface area contributed by atoms with Crippen LogP contribution in [-0.4, -0.2) is 0 Å². The van der Waals surface area contributed by atoms with Gasteiger partial charge >= 0.3 is 26.2 Å². The van der Waals surface area contributed by atoms with Gasteiger partial charge in [-0.25, -0.2) is 23.3 Å². The molecule has 0 saturated carbocycles. The monoisotopic (exact) mass is 460 g/mol. The van der Waals surface area contributed by atoms with Gasteiger partial charge in [-0.15, -0.1) is 37.7 Å². The predicted molar refractivity (Wildman–Crippen MR) is 113 cm³/mol. The van der Waals surface area contributed by atoms with E-state index in [0.29, 0.717) is 0 Å². The van der Waals surface area contributed by atoms with Gasteiger partial charge in [0.1, 0.15) is 0 Å². The van der Waals surface area contributed by atoms with E-state index in [0.717, 1.165) is 12.8 Å². The van der Waals surface area contributed by atoms with E-state index >= 15 is 0 Å². The first-order valence-corrected chi connectivity index (χ1v) is 9.39. The SMILES string of the molecule is CCCCCCC1=[C-]CC=C1.CCCCCCC1=[C-]CC=C1.Cl.Cl.[Zr+2]. The van der Waals surface area contributed by atoms with Crippen molar-refractivity contribution in [2.75, 3.05) is 0 Å². The third-order valence-corrected chi connectivity index (χ3v) is 4.13. The van der Waals surface area contributed by atoms with Crippen LogP contribution in [-0.2, 0) is 26.2 Å². The minimum atomic E-state index is 0. The molecule has 0 nitrogen and oxygen atoms in total. The number of hydrogen-bond donors (Lipinski definition) is 0. The van der Waals surface area contributed by atoms with Crippen LogP contribution in [0.1, 0.15) is 90.9 Å². The Morgan fingerprint density at radius 3 is 1.36 bits per heavy atom. The fraction of sp³-hybridized carbons (Fsp3) is 0.636. The van der Waals surface area contributed by atoms with Crippen molar-refractivity contribution in [3.8, 4) is 0 Å². The van der Waals surface area contributed by atoms with Crippen molar-refractivity contribution < 1.29 is 26.2 Å². The summed E-state index contributed by atoms with van der Waals surface area (Å²) in [4.78, 5) is 0. The molecule has 142 valence electrons. The Balaban J connectivity index is -0.000000346. The van der Waals surface area contributed by atoms with Gasteiger partial charge in [-0.1, -0.05) is 78.1 Å². The molecule has 0 radical (unpaired) electrons. The van der Waals surface area contributed by atoms with Crippen molar-refractivity contribution >= 4 is 24.8 Å². The Kier molecular flexibility index (Phi) is 27.1. The number of hydrogen-bond acceptors (Lipinski definition) is 0. The quantitative estimate of drug-likeness (QED) is 0.227. The largest absolute Gasteiger partial charge is 2.00 e. The van der Waals surface area contributed by atoms with Crippen molar-refractivity contribution in [3.05, 3.63) is 47.6 Å². The Morgan fingerprint density at radius 1 is 0.680 bits per heavy atom. The second kappa shape index (κ2) is 22.5. The van der Waals surface area contributed by atoms with E-state index in [1.807, 2.05) is 0 Å². The van der Waals surface area contributed by atoms with E-state index in [1.54, 1.807) is 0 Å². The molecule has 2 rings (SSSR count). The summed E-state index contributed by atoms with van der Waals surface area (Å²) in [5.41, 5.74) is 2.86. The molecule has 0 spiro atoms. The number of halogens is 2. The molecule has 0 unspecified atom stereocenters. The Hall–Kier alpha value is 0.423. The molecular weight excluding hydrogens is 426 g/mol. The summed E-state index contributed by atoms with van der Waals surface area (Å²) in [7, 11) is 0. The molecule has 0 atom stereocenters. The first kappa shape index (κ1) is 30.2. The molecule has 0 bridgehead atoms. The van der Waals surface area contributed by atoms with Gasteiger partial charge in [0.25, 0.3) is 0 Å². The zero-order chi connectivity index (χ0) is 15.9. The molecule has 0 aromatic heterocycles. The van der Waals surface area contributed by atoms with Crippen LogP contribution in [0.4, 0.5) is 0 Å². The van der Waals surface area contributed by atoms with Gasteiger partial charge in [0.05, 0.1) is 0 Å². The molecule has 0 heterocycles. The van der Waals surface area contributed by atoms with Gasteiger partial charge in [0.2, 0.25) is 0 Å². The third-order valence-electron chi connectivity index (χ3n) is 4.13. The average molecular weight is 463 g/mol. The Bertz CT molecular complexity index is 357. The van der Waals surface area contributed by atoms with Crippen LogP contribution in [0, 0.1) is 12.2 Å². The Labute approximate surface area is 188 Å². The maximum Gasteiger partial charge on any atom is 2.00 e. The maximum atomic E-state index is 3.34. The molecule has 0 N–H and O–H groups in total. The van der Waals surface area contributed by atoms with Crippen LogP contribution in [0.5, 0.6) is 0 Å². The zero-order valence-corrected chi connectivity index (χ0v) is 20.2. The molecule has 0 fully saturated rings. The van der Waals surface area contributed by atoms with Crippen molar-refractivity contribution in [1.82, 2.24) is 0 Å². The summed E-state index contributed by atoms with van der Waals surface area (Å²) in [5, 5.41) is 0. The van der Waals surface area contributed by atoms with Crippen LogP contribution in [0.3, 0.4) is 0 Å². The third kappa shape index (κ3) is 17.6. The van der Waals surface area contributed by atoms with Crippen LogP contribution in [0.2, 0.25) is 0 Å². The second-order valence-corrected chi connectivity index (χ2v) is 6.24. The molecule has 0 aliphatic heterocycles. The number of allylic oxidation sites excluding steroid dienone is 8. The zero-order valence-electron chi connectivity index (χ0n) is 16.1. The van der Waals surface area contributed by atoms with E-state index in [1.165, 1.54) is 75.4 Å². The summed E-state index contributed by atoms with van der Waals surface area (Å²) in [5.74, 6) is 0. The van der Waals surface area contributed by atoms with Crippen LogP contribution in [0.15, 0.2) is 35.5 Å². The fourth-order valence-electron chi connectivity index (χ4n) is 2.73. The van der Waals surface area contributed by atoms with Gasteiger partial charge in [-0.2, -0.15) is 12.2 Å². The summed E-state index contributed by atoms with van der Waals surface area (Å²) in [6, 6.07) is 0. The predicted octanol–water partition coefficient (Wildman–Crippen LogP) is 8.13. The van der Waals surface area contributed by atoms with E-state index in [2.05, 4.69) is 50.3 Å².